The van der Waals surface area contributed by atoms with Crippen molar-refractivity contribution in [3.05, 3.63) is 0 Å². The van der Waals surface area contributed by atoms with Gasteiger partial charge >= 0.3 is 0 Å². The first-order valence-corrected chi connectivity index (χ1v) is 7.76. The minimum absolute atomic E-state index is 0.543. The van der Waals surface area contributed by atoms with Crippen LogP contribution in [0.5, 0.6) is 0 Å². The number of piperidine rings is 1. The van der Waals surface area contributed by atoms with Crippen molar-refractivity contribution in [1.82, 2.24) is 4.90 Å². The van der Waals surface area contributed by atoms with Crippen molar-refractivity contribution in [2.75, 3.05) is 26.2 Å². The van der Waals surface area contributed by atoms with Crippen LogP contribution >= 0.6 is 0 Å². The molecule has 2 heterocycles. The zero-order valence-electron chi connectivity index (χ0n) is 12.1. The second-order valence-electron chi connectivity index (χ2n) is 6.39. The molecule has 106 valence electrons. The molecule has 2 rings (SSSR count). The van der Waals surface area contributed by atoms with Gasteiger partial charge in [-0.05, 0) is 50.5 Å². The molecule has 18 heavy (non-hydrogen) atoms. The van der Waals surface area contributed by atoms with Gasteiger partial charge in [0.2, 0.25) is 0 Å². The number of hydrogen-bond acceptors (Lipinski definition) is 3. The normalized spacial score (nSPS) is 38.2. The van der Waals surface area contributed by atoms with Crippen molar-refractivity contribution in [2.24, 2.45) is 17.6 Å². The van der Waals surface area contributed by atoms with E-state index in [0.29, 0.717) is 12.1 Å². The molecule has 3 heteroatoms. The monoisotopic (exact) mass is 254 g/mol. The van der Waals surface area contributed by atoms with Gasteiger partial charge in [0.25, 0.3) is 0 Å². The van der Waals surface area contributed by atoms with E-state index in [9.17, 15) is 0 Å². The number of likely N-dealkylation sites (tertiary alicyclic amines) is 1. The fourth-order valence-electron chi connectivity index (χ4n) is 3.79. The van der Waals surface area contributed by atoms with Crippen molar-refractivity contribution >= 4 is 0 Å². The second-order valence-corrected chi connectivity index (χ2v) is 6.39. The van der Waals surface area contributed by atoms with Crippen LogP contribution < -0.4 is 5.73 Å². The van der Waals surface area contributed by atoms with E-state index >= 15 is 0 Å². The van der Waals surface area contributed by atoms with Crippen molar-refractivity contribution in [3.63, 3.8) is 0 Å². The Morgan fingerprint density at radius 3 is 2.83 bits per heavy atom. The van der Waals surface area contributed by atoms with Crippen LogP contribution in [0.25, 0.3) is 0 Å². The van der Waals surface area contributed by atoms with Crippen molar-refractivity contribution < 1.29 is 4.74 Å². The summed E-state index contributed by atoms with van der Waals surface area (Å²) >= 11 is 0. The standard InChI is InChI=1S/C15H30N2O/c1-12-9-13(2)15(10-16)17(11-12)7-3-5-14-6-4-8-18-14/h12-15H,3-11,16H2,1-2H3. The van der Waals surface area contributed by atoms with Gasteiger partial charge in [-0.1, -0.05) is 13.8 Å². The fourth-order valence-corrected chi connectivity index (χ4v) is 3.79. The van der Waals surface area contributed by atoms with Gasteiger partial charge in [0.1, 0.15) is 0 Å². The Kier molecular flexibility index (Phi) is 5.46. The van der Waals surface area contributed by atoms with Gasteiger partial charge in [0.15, 0.2) is 0 Å². The van der Waals surface area contributed by atoms with E-state index in [0.717, 1.165) is 25.0 Å². The smallest absolute Gasteiger partial charge is 0.0576 e. The van der Waals surface area contributed by atoms with E-state index in [1.165, 1.54) is 45.2 Å². The molecule has 0 radical (unpaired) electrons. The first kappa shape index (κ1) is 14.3. The Morgan fingerprint density at radius 2 is 2.17 bits per heavy atom. The molecule has 4 unspecified atom stereocenters. The molecule has 0 saturated carbocycles. The molecule has 0 aromatic rings. The van der Waals surface area contributed by atoms with Crippen LogP contribution in [0.15, 0.2) is 0 Å². The third-order valence-electron chi connectivity index (χ3n) is 4.68. The predicted molar refractivity (Wildman–Crippen MR) is 75.6 cm³/mol. The average Bonchev–Trinajstić information content (AvgIpc) is 2.81. The lowest BCUT2D eigenvalue weighted by Gasteiger charge is -2.42. The maximum absolute atomic E-state index is 5.96. The fraction of sp³-hybridized carbons (Fsp3) is 1.00. The quantitative estimate of drug-likeness (QED) is 0.818. The highest BCUT2D eigenvalue weighted by Crippen LogP contribution is 2.27. The number of nitrogens with two attached hydrogens (primary N) is 1. The maximum Gasteiger partial charge on any atom is 0.0576 e. The van der Waals surface area contributed by atoms with Gasteiger partial charge < -0.3 is 10.5 Å². The number of rotatable bonds is 5. The van der Waals surface area contributed by atoms with E-state index in [-0.39, 0.29) is 0 Å². The topological polar surface area (TPSA) is 38.5 Å². The molecule has 4 atom stereocenters. The van der Waals surface area contributed by atoms with Crippen LogP contribution in [-0.4, -0.2) is 43.3 Å². The Labute approximate surface area is 112 Å². The van der Waals surface area contributed by atoms with Gasteiger partial charge in [0, 0.05) is 25.7 Å². The first-order chi connectivity index (χ1) is 8.70. The minimum atomic E-state index is 0.543. The molecule has 2 N–H and O–H groups in total. The molecule has 0 aliphatic carbocycles. The van der Waals surface area contributed by atoms with Gasteiger partial charge in [-0.15, -0.1) is 0 Å². The minimum Gasteiger partial charge on any atom is -0.378 e. The summed E-state index contributed by atoms with van der Waals surface area (Å²) in [5, 5.41) is 0. The molecule has 2 aliphatic rings. The Hall–Kier alpha value is -0.120. The Balaban J connectivity index is 1.74. The first-order valence-electron chi connectivity index (χ1n) is 7.76. The van der Waals surface area contributed by atoms with Crippen LogP contribution in [0.3, 0.4) is 0 Å². The third kappa shape index (κ3) is 3.69. The highest BCUT2D eigenvalue weighted by atomic mass is 16.5. The lowest BCUT2D eigenvalue weighted by atomic mass is 9.85. The summed E-state index contributed by atoms with van der Waals surface area (Å²) in [6, 6.07) is 0.602. The summed E-state index contributed by atoms with van der Waals surface area (Å²) in [5.74, 6) is 1.58. The molecular weight excluding hydrogens is 224 g/mol. The molecule has 2 aliphatic heterocycles. The predicted octanol–water partition coefficient (Wildman–Crippen LogP) is 2.25. The zero-order chi connectivity index (χ0) is 13.0. The van der Waals surface area contributed by atoms with Crippen LogP contribution in [0, 0.1) is 11.8 Å². The molecule has 0 amide bonds. The maximum atomic E-state index is 5.96. The molecule has 0 aromatic heterocycles. The average molecular weight is 254 g/mol. The lowest BCUT2D eigenvalue weighted by Crippen LogP contribution is -2.51. The van der Waals surface area contributed by atoms with Crippen LogP contribution in [0.2, 0.25) is 0 Å². The van der Waals surface area contributed by atoms with Crippen molar-refractivity contribution in [1.29, 1.82) is 0 Å². The van der Waals surface area contributed by atoms with Crippen LogP contribution in [0.4, 0.5) is 0 Å². The molecule has 2 saturated heterocycles. The summed E-state index contributed by atoms with van der Waals surface area (Å²) in [6.45, 7) is 8.96. The van der Waals surface area contributed by atoms with E-state index in [2.05, 4.69) is 18.7 Å². The van der Waals surface area contributed by atoms with E-state index in [4.69, 9.17) is 10.5 Å². The number of nitrogens with zero attached hydrogens (tertiary/aromatic N) is 1. The summed E-state index contributed by atoms with van der Waals surface area (Å²) in [5.41, 5.74) is 5.96. The highest BCUT2D eigenvalue weighted by Gasteiger charge is 2.30. The van der Waals surface area contributed by atoms with Crippen LogP contribution in [-0.2, 0) is 4.74 Å². The van der Waals surface area contributed by atoms with Crippen molar-refractivity contribution in [3.8, 4) is 0 Å². The zero-order valence-corrected chi connectivity index (χ0v) is 12.1. The molecule has 2 fully saturated rings. The summed E-state index contributed by atoms with van der Waals surface area (Å²) < 4.78 is 5.69. The van der Waals surface area contributed by atoms with E-state index in [1.54, 1.807) is 0 Å². The lowest BCUT2D eigenvalue weighted by molar-refractivity contribution is 0.0611. The Bertz CT molecular complexity index is 241. The number of hydrogen-bond donors (Lipinski definition) is 1. The van der Waals surface area contributed by atoms with Gasteiger partial charge in [-0.2, -0.15) is 0 Å². The van der Waals surface area contributed by atoms with E-state index < -0.39 is 0 Å². The molecule has 0 spiro atoms. The second kappa shape index (κ2) is 6.88. The van der Waals surface area contributed by atoms with Gasteiger partial charge in [0.05, 0.1) is 6.10 Å². The summed E-state index contributed by atoms with van der Waals surface area (Å²) in [7, 11) is 0. The van der Waals surface area contributed by atoms with Gasteiger partial charge in [-0.25, -0.2) is 0 Å². The highest BCUT2D eigenvalue weighted by molar-refractivity contribution is 4.85. The third-order valence-corrected chi connectivity index (χ3v) is 4.68. The molecule has 0 bridgehead atoms. The Morgan fingerprint density at radius 1 is 1.33 bits per heavy atom. The van der Waals surface area contributed by atoms with E-state index in [1.807, 2.05) is 0 Å². The largest absolute Gasteiger partial charge is 0.378 e. The molecule has 3 nitrogen and oxygen atoms in total. The SMILES string of the molecule is CC1CC(C)C(CN)N(CCCC2CCCO2)C1. The number of ether oxygens (including phenoxy) is 1. The summed E-state index contributed by atoms with van der Waals surface area (Å²) in [4.78, 5) is 2.63. The van der Waals surface area contributed by atoms with Crippen LogP contribution in [0.1, 0.15) is 46.0 Å². The molecule has 0 aromatic carbocycles. The summed E-state index contributed by atoms with van der Waals surface area (Å²) in [6.07, 6.45) is 6.91. The van der Waals surface area contributed by atoms with Crippen molar-refractivity contribution in [2.45, 2.75) is 58.1 Å². The van der Waals surface area contributed by atoms with Gasteiger partial charge in [-0.3, -0.25) is 4.90 Å². The molecular formula is C15H30N2O.